The molecule has 0 aliphatic heterocycles. The number of carbonyl (C=O) groups excluding carboxylic acids is 1. The van der Waals surface area contributed by atoms with Crippen LogP contribution < -0.4 is 5.32 Å². The normalized spacial score (nSPS) is 26.4. The first kappa shape index (κ1) is 12.3. The van der Waals surface area contributed by atoms with Gasteiger partial charge in [0.15, 0.2) is 0 Å². The summed E-state index contributed by atoms with van der Waals surface area (Å²) < 4.78 is 5.11. The molecule has 1 amide bonds. The SMILES string of the molecule is CC(C)(C)OC(=O)NC[C@@H]1CC[C@@H](O)C1. The molecule has 1 rings (SSSR count). The molecule has 0 bridgehead atoms. The number of ether oxygens (including phenoxy) is 1. The predicted octanol–water partition coefficient (Wildman–Crippen LogP) is 1.67. The molecule has 1 fully saturated rings. The molecular weight excluding hydrogens is 194 g/mol. The molecule has 4 heteroatoms. The lowest BCUT2D eigenvalue weighted by Gasteiger charge is -2.20. The number of amides is 1. The molecule has 1 saturated carbocycles. The fourth-order valence-corrected chi connectivity index (χ4v) is 1.78. The van der Waals surface area contributed by atoms with Crippen LogP contribution >= 0.6 is 0 Å². The van der Waals surface area contributed by atoms with Crippen LogP contribution in [0.4, 0.5) is 4.79 Å². The summed E-state index contributed by atoms with van der Waals surface area (Å²) >= 11 is 0. The first-order chi connectivity index (χ1) is 6.87. The van der Waals surface area contributed by atoms with Crippen molar-refractivity contribution < 1.29 is 14.6 Å². The van der Waals surface area contributed by atoms with E-state index in [1.54, 1.807) is 0 Å². The van der Waals surface area contributed by atoms with Gasteiger partial charge in [0.25, 0.3) is 0 Å². The molecule has 0 aromatic heterocycles. The molecular formula is C11H21NO3. The van der Waals surface area contributed by atoms with Crippen molar-refractivity contribution in [1.82, 2.24) is 5.32 Å². The van der Waals surface area contributed by atoms with Gasteiger partial charge in [0.05, 0.1) is 6.10 Å². The van der Waals surface area contributed by atoms with Crippen molar-refractivity contribution in [2.75, 3.05) is 6.54 Å². The third-order valence-electron chi connectivity index (χ3n) is 2.45. The largest absolute Gasteiger partial charge is 0.444 e. The van der Waals surface area contributed by atoms with Crippen molar-refractivity contribution >= 4 is 6.09 Å². The Morgan fingerprint density at radius 1 is 1.47 bits per heavy atom. The molecule has 4 nitrogen and oxygen atoms in total. The van der Waals surface area contributed by atoms with Crippen LogP contribution in [0.3, 0.4) is 0 Å². The van der Waals surface area contributed by atoms with E-state index in [-0.39, 0.29) is 12.2 Å². The Labute approximate surface area is 91.0 Å². The molecule has 0 heterocycles. The highest BCUT2D eigenvalue weighted by molar-refractivity contribution is 5.67. The molecule has 0 saturated heterocycles. The van der Waals surface area contributed by atoms with Crippen LogP contribution in [0.25, 0.3) is 0 Å². The monoisotopic (exact) mass is 215 g/mol. The van der Waals surface area contributed by atoms with E-state index in [1.807, 2.05) is 20.8 Å². The van der Waals surface area contributed by atoms with Gasteiger partial charge in [0, 0.05) is 6.54 Å². The van der Waals surface area contributed by atoms with Gasteiger partial charge >= 0.3 is 6.09 Å². The van der Waals surface area contributed by atoms with Crippen LogP contribution in [0.2, 0.25) is 0 Å². The summed E-state index contributed by atoms with van der Waals surface area (Å²) in [6, 6.07) is 0. The summed E-state index contributed by atoms with van der Waals surface area (Å²) in [4.78, 5) is 11.3. The van der Waals surface area contributed by atoms with Crippen molar-refractivity contribution in [3.8, 4) is 0 Å². The van der Waals surface area contributed by atoms with Crippen molar-refractivity contribution in [1.29, 1.82) is 0 Å². The maximum absolute atomic E-state index is 11.3. The molecule has 88 valence electrons. The minimum Gasteiger partial charge on any atom is -0.444 e. The van der Waals surface area contributed by atoms with Gasteiger partial charge in [-0.3, -0.25) is 0 Å². The molecule has 0 unspecified atom stereocenters. The third kappa shape index (κ3) is 5.02. The number of aliphatic hydroxyl groups is 1. The Bertz CT molecular complexity index is 222. The van der Waals surface area contributed by atoms with E-state index < -0.39 is 5.60 Å². The smallest absolute Gasteiger partial charge is 0.407 e. The van der Waals surface area contributed by atoms with E-state index in [2.05, 4.69) is 5.32 Å². The summed E-state index contributed by atoms with van der Waals surface area (Å²) in [6.45, 7) is 6.12. The summed E-state index contributed by atoms with van der Waals surface area (Å²) in [6.07, 6.45) is 2.06. The number of hydrogen-bond donors (Lipinski definition) is 2. The Morgan fingerprint density at radius 3 is 2.60 bits per heavy atom. The van der Waals surface area contributed by atoms with Crippen molar-refractivity contribution in [2.24, 2.45) is 5.92 Å². The Morgan fingerprint density at radius 2 is 2.13 bits per heavy atom. The summed E-state index contributed by atoms with van der Waals surface area (Å²) in [5.41, 5.74) is -0.445. The minimum atomic E-state index is -0.445. The van der Waals surface area contributed by atoms with E-state index in [9.17, 15) is 9.90 Å². The Balaban J connectivity index is 2.17. The van der Waals surface area contributed by atoms with Gasteiger partial charge in [-0.2, -0.15) is 0 Å². The van der Waals surface area contributed by atoms with Crippen LogP contribution in [-0.4, -0.2) is 29.4 Å². The molecule has 15 heavy (non-hydrogen) atoms. The zero-order valence-corrected chi connectivity index (χ0v) is 9.75. The lowest BCUT2D eigenvalue weighted by atomic mass is 10.1. The van der Waals surface area contributed by atoms with Gasteiger partial charge in [-0.05, 0) is 46.0 Å². The minimum absolute atomic E-state index is 0.185. The second-order valence-corrected chi connectivity index (χ2v) is 5.22. The number of nitrogens with one attached hydrogen (secondary N) is 1. The zero-order valence-electron chi connectivity index (χ0n) is 9.75. The quantitative estimate of drug-likeness (QED) is 0.736. The zero-order chi connectivity index (χ0) is 11.5. The van der Waals surface area contributed by atoms with E-state index in [4.69, 9.17) is 4.74 Å². The van der Waals surface area contributed by atoms with Crippen LogP contribution in [-0.2, 0) is 4.74 Å². The molecule has 1 aliphatic rings. The van der Waals surface area contributed by atoms with E-state index >= 15 is 0 Å². The van der Waals surface area contributed by atoms with Gasteiger partial charge in [-0.15, -0.1) is 0 Å². The second-order valence-electron chi connectivity index (χ2n) is 5.22. The van der Waals surface area contributed by atoms with Gasteiger partial charge in [-0.1, -0.05) is 0 Å². The standard InChI is InChI=1S/C11H21NO3/c1-11(2,3)15-10(14)12-7-8-4-5-9(13)6-8/h8-9,13H,4-7H2,1-3H3,(H,12,14)/t8-,9-/m1/s1. The molecule has 0 spiro atoms. The predicted molar refractivity (Wildman–Crippen MR) is 57.6 cm³/mol. The average Bonchev–Trinajstić information content (AvgIpc) is 2.45. The molecule has 0 aromatic carbocycles. The summed E-state index contributed by atoms with van der Waals surface area (Å²) in [5.74, 6) is 0.396. The maximum Gasteiger partial charge on any atom is 0.407 e. The van der Waals surface area contributed by atoms with Crippen LogP contribution in [0.15, 0.2) is 0 Å². The maximum atomic E-state index is 11.3. The third-order valence-corrected chi connectivity index (χ3v) is 2.45. The van der Waals surface area contributed by atoms with Crippen LogP contribution in [0, 0.1) is 5.92 Å². The van der Waals surface area contributed by atoms with E-state index in [0.29, 0.717) is 12.5 Å². The Kier molecular flexibility index (Phi) is 3.97. The van der Waals surface area contributed by atoms with Gasteiger partial charge in [0.2, 0.25) is 0 Å². The average molecular weight is 215 g/mol. The highest BCUT2D eigenvalue weighted by Crippen LogP contribution is 2.24. The highest BCUT2D eigenvalue weighted by atomic mass is 16.6. The van der Waals surface area contributed by atoms with Gasteiger partial charge in [0.1, 0.15) is 5.60 Å². The summed E-state index contributed by atoms with van der Waals surface area (Å²) in [5, 5.41) is 12.0. The van der Waals surface area contributed by atoms with Crippen LogP contribution in [0.1, 0.15) is 40.0 Å². The first-order valence-corrected chi connectivity index (χ1v) is 5.52. The molecule has 2 N–H and O–H groups in total. The van der Waals surface area contributed by atoms with Crippen molar-refractivity contribution in [2.45, 2.75) is 51.7 Å². The van der Waals surface area contributed by atoms with Crippen molar-refractivity contribution in [3.63, 3.8) is 0 Å². The molecule has 0 aromatic rings. The van der Waals surface area contributed by atoms with E-state index in [1.165, 1.54) is 0 Å². The van der Waals surface area contributed by atoms with Gasteiger partial charge < -0.3 is 15.2 Å². The van der Waals surface area contributed by atoms with Crippen LogP contribution in [0.5, 0.6) is 0 Å². The fraction of sp³-hybridized carbons (Fsp3) is 0.909. The highest BCUT2D eigenvalue weighted by Gasteiger charge is 2.24. The number of aliphatic hydroxyl groups excluding tert-OH is 1. The summed E-state index contributed by atoms with van der Waals surface area (Å²) in [7, 11) is 0. The molecule has 0 radical (unpaired) electrons. The van der Waals surface area contributed by atoms with E-state index in [0.717, 1.165) is 19.3 Å². The number of rotatable bonds is 2. The number of alkyl carbamates (subject to hydrolysis) is 1. The fourth-order valence-electron chi connectivity index (χ4n) is 1.78. The number of carbonyl (C=O) groups is 1. The second kappa shape index (κ2) is 4.84. The lowest BCUT2D eigenvalue weighted by molar-refractivity contribution is 0.0517. The first-order valence-electron chi connectivity index (χ1n) is 5.52. The lowest BCUT2D eigenvalue weighted by Crippen LogP contribution is -2.35. The topological polar surface area (TPSA) is 58.6 Å². The van der Waals surface area contributed by atoms with Crippen molar-refractivity contribution in [3.05, 3.63) is 0 Å². The molecule has 1 aliphatic carbocycles. The number of hydrogen-bond acceptors (Lipinski definition) is 3. The Hall–Kier alpha value is -0.770. The van der Waals surface area contributed by atoms with Gasteiger partial charge in [-0.25, -0.2) is 4.79 Å². The molecule has 2 atom stereocenters.